The zero-order valence-electron chi connectivity index (χ0n) is 13.9. The Hall–Kier alpha value is -1.50. The van der Waals surface area contributed by atoms with E-state index in [2.05, 4.69) is 63.3 Å². The standard InChI is InChI=1S/C20H31N/c1-4-10-18(5-2)12-7-9-14-20(21)16-15-19-13-8-6-11-17(19)3/h6-9,11,13-14,18H,4-5,10,12,15-16,21H2,1-3H3/b9-7-,20-14-. The highest BCUT2D eigenvalue weighted by Crippen LogP contribution is 2.16. The van der Waals surface area contributed by atoms with Crippen molar-refractivity contribution in [3.05, 3.63) is 59.3 Å². The molecule has 0 fully saturated rings. The molecule has 0 aliphatic carbocycles. The zero-order chi connectivity index (χ0) is 15.5. The van der Waals surface area contributed by atoms with E-state index in [-0.39, 0.29) is 0 Å². The Morgan fingerprint density at radius 3 is 2.67 bits per heavy atom. The minimum atomic E-state index is 0.827. The van der Waals surface area contributed by atoms with Crippen LogP contribution in [0.2, 0.25) is 0 Å². The average molecular weight is 285 g/mol. The molecule has 0 heterocycles. The molecule has 0 aliphatic heterocycles. The quantitative estimate of drug-likeness (QED) is 0.592. The molecule has 0 bridgehead atoms. The summed E-state index contributed by atoms with van der Waals surface area (Å²) in [5.41, 5.74) is 9.81. The molecule has 1 atom stereocenters. The molecule has 21 heavy (non-hydrogen) atoms. The van der Waals surface area contributed by atoms with Crippen molar-refractivity contribution in [2.75, 3.05) is 0 Å². The predicted molar refractivity (Wildman–Crippen MR) is 94.2 cm³/mol. The van der Waals surface area contributed by atoms with E-state index in [1.54, 1.807) is 0 Å². The van der Waals surface area contributed by atoms with Crippen LogP contribution in [0.4, 0.5) is 0 Å². The van der Waals surface area contributed by atoms with Crippen LogP contribution in [0.25, 0.3) is 0 Å². The van der Waals surface area contributed by atoms with E-state index >= 15 is 0 Å². The first kappa shape index (κ1) is 17.6. The minimum absolute atomic E-state index is 0.827. The van der Waals surface area contributed by atoms with Crippen LogP contribution < -0.4 is 5.73 Å². The summed E-state index contributed by atoms with van der Waals surface area (Å²) < 4.78 is 0. The highest BCUT2D eigenvalue weighted by atomic mass is 14.6. The fraction of sp³-hybridized carbons (Fsp3) is 0.500. The molecule has 0 radical (unpaired) electrons. The van der Waals surface area contributed by atoms with Crippen molar-refractivity contribution in [3.8, 4) is 0 Å². The van der Waals surface area contributed by atoms with Crippen molar-refractivity contribution in [1.82, 2.24) is 0 Å². The summed E-state index contributed by atoms with van der Waals surface area (Å²) in [5.74, 6) is 0.827. The van der Waals surface area contributed by atoms with Gasteiger partial charge in [0, 0.05) is 5.70 Å². The fourth-order valence-corrected chi connectivity index (χ4v) is 2.61. The first-order chi connectivity index (χ1) is 10.2. The maximum Gasteiger partial charge on any atom is 0.00836 e. The Morgan fingerprint density at radius 1 is 1.24 bits per heavy atom. The first-order valence-electron chi connectivity index (χ1n) is 8.33. The number of nitrogens with two attached hydrogens (primary N) is 1. The van der Waals surface area contributed by atoms with E-state index in [4.69, 9.17) is 5.73 Å². The Bertz CT molecular complexity index is 457. The van der Waals surface area contributed by atoms with E-state index in [0.717, 1.165) is 24.5 Å². The predicted octanol–water partition coefficient (Wildman–Crippen LogP) is 5.54. The van der Waals surface area contributed by atoms with Crippen molar-refractivity contribution in [3.63, 3.8) is 0 Å². The van der Waals surface area contributed by atoms with E-state index in [1.165, 1.54) is 36.8 Å². The van der Waals surface area contributed by atoms with Crippen molar-refractivity contribution < 1.29 is 0 Å². The molecule has 0 aliphatic rings. The Balaban J connectivity index is 2.37. The van der Waals surface area contributed by atoms with Gasteiger partial charge in [0.2, 0.25) is 0 Å². The van der Waals surface area contributed by atoms with Gasteiger partial charge in [0.1, 0.15) is 0 Å². The largest absolute Gasteiger partial charge is 0.402 e. The lowest BCUT2D eigenvalue weighted by atomic mass is 9.97. The summed E-state index contributed by atoms with van der Waals surface area (Å²) in [6, 6.07) is 8.53. The molecule has 2 N–H and O–H groups in total. The zero-order valence-corrected chi connectivity index (χ0v) is 13.9. The van der Waals surface area contributed by atoms with Gasteiger partial charge >= 0.3 is 0 Å². The van der Waals surface area contributed by atoms with Crippen LogP contribution >= 0.6 is 0 Å². The summed E-state index contributed by atoms with van der Waals surface area (Å²) in [5, 5.41) is 0. The van der Waals surface area contributed by atoms with E-state index in [0.29, 0.717) is 0 Å². The lowest BCUT2D eigenvalue weighted by Gasteiger charge is -2.09. The van der Waals surface area contributed by atoms with Gasteiger partial charge in [0.25, 0.3) is 0 Å². The molecule has 116 valence electrons. The maximum absolute atomic E-state index is 6.09. The molecule has 0 saturated heterocycles. The lowest BCUT2D eigenvalue weighted by Crippen LogP contribution is -2.00. The summed E-state index contributed by atoms with van der Waals surface area (Å²) in [4.78, 5) is 0. The fourth-order valence-electron chi connectivity index (χ4n) is 2.61. The van der Waals surface area contributed by atoms with Gasteiger partial charge in [0.05, 0.1) is 0 Å². The summed E-state index contributed by atoms with van der Waals surface area (Å²) in [6.45, 7) is 6.70. The lowest BCUT2D eigenvalue weighted by molar-refractivity contribution is 0.470. The van der Waals surface area contributed by atoms with Gasteiger partial charge in [-0.15, -0.1) is 0 Å². The van der Waals surface area contributed by atoms with Gasteiger partial charge in [-0.05, 0) is 49.3 Å². The van der Waals surface area contributed by atoms with Crippen molar-refractivity contribution in [1.29, 1.82) is 0 Å². The number of hydrogen-bond acceptors (Lipinski definition) is 1. The number of aryl methyl sites for hydroxylation is 2. The molecule has 0 spiro atoms. The third-order valence-corrected chi connectivity index (χ3v) is 4.13. The van der Waals surface area contributed by atoms with Crippen LogP contribution in [0.1, 0.15) is 57.1 Å². The number of hydrogen-bond donors (Lipinski definition) is 1. The molecule has 0 saturated carbocycles. The number of benzene rings is 1. The van der Waals surface area contributed by atoms with Gasteiger partial charge in [0.15, 0.2) is 0 Å². The third kappa shape index (κ3) is 7.17. The van der Waals surface area contributed by atoms with E-state index in [9.17, 15) is 0 Å². The third-order valence-electron chi connectivity index (χ3n) is 4.13. The van der Waals surface area contributed by atoms with Crippen LogP contribution in [0, 0.1) is 12.8 Å². The molecule has 1 unspecified atom stereocenters. The molecule has 0 aromatic heterocycles. The van der Waals surface area contributed by atoms with Gasteiger partial charge in [-0.1, -0.05) is 69.5 Å². The Labute approximate surface area is 131 Å². The molecule has 1 aromatic carbocycles. The van der Waals surface area contributed by atoms with Crippen LogP contribution in [0.15, 0.2) is 48.2 Å². The SMILES string of the molecule is CCCC(CC)C/C=C\C=C(/N)CCc1ccccc1C. The van der Waals surface area contributed by atoms with Gasteiger partial charge < -0.3 is 5.73 Å². The highest BCUT2D eigenvalue weighted by molar-refractivity contribution is 5.26. The van der Waals surface area contributed by atoms with Crippen molar-refractivity contribution in [2.24, 2.45) is 11.7 Å². The summed E-state index contributed by atoms with van der Waals surface area (Å²) in [6.07, 6.45) is 13.5. The molecular formula is C20H31N. The van der Waals surface area contributed by atoms with Gasteiger partial charge in [-0.2, -0.15) is 0 Å². The van der Waals surface area contributed by atoms with Gasteiger partial charge in [-0.25, -0.2) is 0 Å². The van der Waals surface area contributed by atoms with Crippen LogP contribution in [0.5, 0.6) is 0 Å². The van der Waals surface area contributed by atoms with Crippen molar-refractivity contribution in [2.45, 2.75) is 59.3 Å². The van der Waals surface area contributed by atoms with E-state index < -0.39 is 0 Å². The number of allylic oxidation sites excluding steroid dienone is 4. The molecule has 1 rings (SSSR count). The van der Waals surface area contributed by atoms with Crippen LogP contribution in [-0.2, 0) is 6.42 Å². The molecular weight excluding hydrogens is 254 g/mol. The summed E-state index contributed by atoms with van der Waals surface area (Å²) in [7, 11) is 0. The highest BCUT2D eigenvalue weighted by Gasteiger charge is 2.01. The second-order valence-corrected chi connectivity index (χ2v) is 5.89. The Kier molecular flexibility index (Phi) is 8.57. The summed E-state index contributed by atoms with van der Waals surface area (Å²) >= 11 is 0. The molecule has 1 nitrogen and oxygen atoms in total. The second-order valence-electron chi connectivity index (χ2n) is 5.89. The monoisotopic (exact) mass is 285 g/mol. The topological polar surface area (TPSA) is 26.0 Å². The van der Waals surface area contributed by atoms with Crippen LogP contribution in [0.3, 0.4) is 0 Å². The second kappa shape index (κ2) is 10.3. The van der Waals surface area contributed by atoms with Crippen molar-refractivity contribution >= 4 is 0 Å². The molecule has 1 aromatic rings. The smallest absolute Gasteiger partial charge is 0.00836 e. The van der Waals surface area contributed by atoms with E-state index in [1.807, 2.05) is 0 Å². The maximum atomic E-state index is 6.09. The number of rotatable bonds is 9. The first-order valence-corrected chi connectivity index (χ1v) is 8.33. The Morgan fingerprint density at radius 2 is 2.00 bits per heavy atom. The average Bonchev–Trinajstić information content (AvgIpc) is 2.49. The van der Waals surface area contributed by atoms with Gasteiger partial charge in [-0.3, -0.25) is 0 Å². The molecule has 1 heteroatoms. The molecule has 0 amide bonds. The minimum Gasteiger partial charge on any atom is -0.402 e. The normalized spacial score (nSPS) is 13.8. The van der Waals surface area contributed by atoms with Crippen LogP contribution in [-0.4, -0.2) is 0 Å².